The Hall–Kier alpha value is -0.780. The quantitative estimate of drug-likeness (QED) is 0.820. The minimum atomic E-state index is -4.09. The molecule has 0 spiro atoms. The highest BCUT2D eigenvalue weighted by molar-refractivity contribution is 5.76. The number of nitrogens with two attached hydrogens (primary N) is 1. The number of hydrogen-bond donors (Lipinski definition) is 2. The van der Waals surface area contributed by atoms with E-state index >= 15 is 0 Å². The number of halogens is 3. The molecule has 0 aromatic heterocycles. The van der Waals surface area contributed by atoms with Gasteiger partial charge in [0.15, 0.2) is 0 Å². The zero-order chi connectivity index (χ0) is 13.8. The van der Waals surface area contributed by atoms with Crippen molar-refractivity contribution in [2.24, 2.45) is 11.7 Å². The fourth-order valence-corrected chi connectivity index (χ4v) is 2.22. The second-order valence-corrected chi connectivity index (χ2v) is 5.17. The smallest absolute Gasteiger partial charge is 0.353 e. The monoisotopic (exact) mass is 266 g/mol. The number of hydrogen-bond acceptors (Lipinski definition) is 2. The van der Waals surface area contributed by atoms with Gasteiger partial charge in [-0.1, -0.05) is 0 Å². The van der Waals surface area contributed by atoms with E-state index in [0.29, 0.717) is 25.7 Å². The molecule has 1 amide bonds. The lowest BCUT2D eigenvalue weighted by Crippen LogP contribution is -2.40. The minimum absolute atomic E-state index is 0.0308. The normalized spacial score (nSPS) is 26.7. The Morgan fingerprint density at radius 3 is 2.33 bits per heavy atom. The third-order valence-electron chi connectivity index (χ3n) is 3.38. The van der Waals surface area contributed by atoms with Crippen molar-refractivity contribution >= 4 is 5.91 Å². The average Bonchev–Trinajstić information content (AvgIpc) is 2.26. The van der Waals surface area contributed by atoms with Crippen LogP contribution < -0.4 is 11.1 Å². The van der Waals surface area contributed by atoms with Crippen LogP contribution in [0, 0.1) is 5.92 Å². The van der Waals surface area contributed by atoms with Crippen LogP contribution in [0.4, 0.5) is 13.2 Å². The lowest BCUT2D eigenvalue weighted by Gasteiger charge is -2.30. The first-order chi connectivity index (χ1) is 8.29. The zero-order valence-corrected chi connectivity index (χ0v) is 10.6. The summed E-state index contributed by atoms with van der Waals surface area (Å²) in [5.41, 5.74) is 5.53. The Labute approximate surface area is 105 Å². The van der Waals surface area contributed by atoms with Crippen LogP contribution >= 0.6 is 0 Å². The highest BCUT2D eigenvalue weighted by Gasteiger charge is 2.41. The van der Waals surface area contributed by atoms with Crippen molar-refractivity contribution in [3.63, 3.8) is 0 Å². The molecule has 1 rings (SSSR count). The number of rotatable bonds is 4. The largest absolute Gasteiger partial charge is 0.391 e. The van der Waals surface area contributed by atoms with Crippen LogP contribution in [-0.2, 0) is 4.79 Å². The molecule has 106 valence electrons. The molecule has 1 aliphatic rings. The fraction of sp³-hybridized carbons (Fsp3) is 0.917. The Balaban J connectivity index is 2.25. The summed E-state index contributed by atoms with van der Waals surface area (Å²) in [5, 5.41) is 2.78. The molecule has 0 aromatic carbocycles. The molecule has 18 heavy (non-hydrogen) atoms. The number of carbonyl (C=O) groups excluding carboxylic acids is 1. The topological polar surface area (TPSA) is 55.1 Å². The summed E-state index contributed by atoms with van der Waals surface area (Å²) in [5.74, 6) is -1.31. The number of alkyl halides is 3. The van der Waals surface area contributed by atoms with Crippen molar-refractivity contribution in [1.82, 2.24) is 5.32 Å². The van der Waals surface area contributed by atoms with Crippen molar-refractivity contribution in [2.75, 3.05) is 0 Å². The van der Waals surface area contributed by atoms with Crippen LogP contribution in [0.3, 0.4) is 0 Å². The summed E-state index contributed by atoms with van der Waals surface area (Å²) in [6, 6.07) is -0.138. The second-order valence-electron chi connectivity index (χ2n) is 5.17. The summed E-state index contributed by atoms with van der Waals surface area (Å²) >= 11 is 0. The van der Waals surface area contributed by atoms with Gasteiger partial charge in [-0.3, -0.25) is 4.79 Å². The van der Waals surface area contributed by atoms with E-state index in [1.165, 1.54) is 0 Å². The van der Waals surface area contributed by atoms with Crippen LogP contribution in [0.5, 0.6) is 0 Å². The molecule has 0 bridgehead atoms. The van der Waals surface area contributed by atoms with E-state index < -0.39 is 12.1 Å². The van der Waals surface area contributed by atoms with Gasteiger partial charge in [-0.2, -0.15) is 13.2 Å². The van der Waals surface area contributed by atoms with Crippen LogP contribution in [0.1, 0.15) is 45.4 Å². The molecule has 0 radical (unpaired) electrons. The predicted molar refractivity (Wildman–Crippen MR) is 62.8 cm³/mol. The summed E-state index contributed by atoms with van der Waals surface area (Å²) in [6.45, 7) is 1.82. The molecule has 0 saturated heterocycles. The average molecular weight is 266 g/mol. The van der Waals surface area contributed by atoms with Gasteiger partial charge in [0.25, 0.3) is 0 Å². The van der Waals surface area contributed by atoms with Crippen LogP contribution in [0.25, 0.3) is 0 Å². The van der Waals surface area contributed by atoms with Crippen molar-refractivity contribution in [3.05, 3.63) is 0 Å². The minimum Gasteiger partial charge on any atom is -0.353 e. The molecular formula is C12H21F3N2O. The van der Waals surface area contributed by atoms with E-state index in [9.17, 15) is 18.0 Å². The van der Waals surface area contributed by atoms with Gasteiger partial charge in [0, 0.05) is 18.5 Å². The standard InChI is InChI=1S/C12H21F3N2O/c1-8(16)2-7-11(18)17-10-5-3-9(4-6-10)12(13,14)15/h8-10H,2-7,16H2,1H3,(H,17,18). The van der Waals surface area contributed by atoms with Gasteiger partial charge in [-0.25, -0.2) is 0 Å². The lowest BCUT2D eigenvalue weighted by molar-refractivity contribution is -0.182. The summed E-state index contributed by atoms with van der Waals surface area (Å²) < 4.78 is 37.3. The number of amides is 1. The lowest BCUT2D eigenvalue weighted by atomic mass is 9.85. The van der Waals surface area contributed by atoms with Gasteiger partial charge in [0.05, 0.1) is 5.92 Å². The molecule has 0 heterocycles. The van der Waals surface area contributed by atoms with Gasteiger partial charge < -0.3 is 11.1 Å². The molecular weight excluding hydrogens is 245 g/mol. The van der Waals surface area contributed by atoms with Gasteiger partial charge >= 0.3 is 6.18 Å². The first-order valence-electron chi connectivity index (χ1n) is 6.40. The molecule has 1 unspecified atom stereocenters. The second kappa shape index (κ2) is 6.41. The molecule has 1 saturated carbocycles. The van der Waals surface area contributed by atoms with Gasteiger partial charge in [-0.05, 0) is 39.0 Å². The van der Waals surface area contributed by atoms with Crippen molar-refractivity contribution in [3.8, 4) is 0 Å². The maximum absolute atomic E-state index is 12.4. The molecule has 6 heteroatoms. The summed E-state index contributed by atoms with van der Waals surface area (Å²) in [7, 11) is 0. The predicted octanol–water partition coefficient (Wildman–Crippen LogP) is 2.35. The molecule has 3 nitrogen and oxygen atoms in total. The molecule has 0 aromatic rings. The molecule has 0 aliphatic heterocycles. The highest BCUT2D eigenvalue weighted by Crippen LogP contribution is 2.37. The molecule has 3 N–H and O–H groups in total. The SMILES string of the molecule is CC(N)CCC(=O)NC1CCC(C(F)(F)F)CC1. The molecule has 1 fully saturated rings. The van der Waals surface area contributed by atoms with E-state index in [1.807, 2.05) is 6.92 Å². The third kappa shape index (κ3) is 5.25. The summed E-state index contributed by atoms with van der Waals surface area (Å²) in [4.78, 5) is 11.5. The maximum Gasteiger partial charge on any atom is 0.391 e. The van der Waals surface area contributed by atoms with Gasteiger partial charge in [-0.15, -0.1) is 0 Å². The maximum atomic E-state index is 12.4. The Morgan fingerprint density at radius 2 is 1.89 bits per heavy atom. The summed E-state index contributed by atoms with van der Waals surface area (Å²) in [6.07, 6.45) is -2.10. The van der Waals surface area contributed by atoms with Crippen molar-refractivity contribution in [1.29, 1.82) is 0 Å². The van der Waals surface area contributed by atoms with Crippen LogP contribution in [-0.4, -0.2) is 24.2 Å². The number of carbonyl (C=O) groups is 1. The van der Waals surface area contributed by atoms with Gasteiger partial charge in [0.2, 0.25) is 5.91 Å². The van der Waals surface area contributed by atoms with Crippen LogP contribution in [0.2, 0.25) is 0 Å². The van der Waals surface area contributed by atoms with E-state index in [0.717, 1.165) is 0 Å². The number of nitrogens with one attached hydrogen (secondary N) is 1. The van der Waals surface area contributed by atoms with E-state index in [2.05, 4.69) is 5.32 Å². The Morgan fingerprint density at radius 1 is 1.33 bits per heavy atom. The van der Waals surface area contributed by atoms with E-state index in [4.69, 9.17) is 5.73 Å². The van der Waals surface area contributed by atoms with Gasteiger partial charge in [0.1, 0.15) is 0 Å². The molecule has 1 atom stereocenters. The fourth-order valence-electron chi connectivity index (χ4n) is 2.22. The Kier molecular flexibility index (Phi) is 5.44. The van der Waals surface area contributed by atoms with E-state index in [1.54, 1.807) is 0 Å². The highest BCUT2D eigenvalue weighted by atomic mass is 19.4. The van der Waals surface area contributed by atoms with Crippen molar-refractivity contribution < 1.29 is 18.0 Å². The van der Waals surface area contributed by atoms with Crippen LogP contribution in [0.15, 0.2) is 0 Å². The Bertz CT molecular complexity index is 271. The zero-order valence-electron chi connectivity index (χ0n) is 10.6. The van der Waals surface area contributed by atoms with Crippen molar-refractivity contribution in [2.45, 2.75) is 63.7 Å². The third-order valence-corrected chi connectivity index (χ3v) is 3.38. The van der Waals surface area contributed by atoms with E-state index in [-0.39, 0.29) is 30.8 Å². The first-order valence-corrected chi connectivity index (χ1v) is 6.40. The first kappa shape index (κ1) is 15.3. The molecule has 1 aliphatic carbocycles.